The Kier molecular flexibility index (Phi) is 7.34. The molecule has 1 aromatic carbocycles. The number of hydrogen-bond donors (Lipinski definition) is 3. The number of morpholine rings is 1. The Hall–Kier alpha value is -3.56. The van der Waals surface area contributed by atoms with E-state index in [2.05, 4.69) is 51.7 Å². The first-order valence-corrected chi connectivity index (χ1v) is 11.2. The highest BCUT2D eigenvalue weighted by Crippen LogP contribution is 2.32. The fourth-order valence-electron chi connectivity index (χ4n) is 3.36. The molecule has 1 amide bonds. The Morgan fingerprint density at radius 2 is 2.21 bits per heavy atom. The number of quaternary nitrogens is 1. The van der Waals surface area contributed by atoms with Gasteiger partial charge in [-0.25, -0.2) is 10.1 Å². The second-order valence-corrected chi connectivity index (χ2v) is 8.13. The van der Waals surface area contributed by atoms with Crippen LogP contribution in [0.2, 0.25) is 0 Å². The van der Waals surface area contributed by atoms with Crippen LogP contribution in [0.15, 0.2) is 26.3 Å². The molecule has 1 aliphatic rings. The van der Waals surface area contributed by atoms with Gasteiger partial charge < -0.3 is 25.2 Å². The number of hydrogen-bond acceptors (Lipinski definition) is 11. The van der Waals surface area contributed by atoms with Crippen molar-refractivity contribution in [3.63, 3.8) is 0 Å². The fraction of sp³-hybridized carbons (Fsp3) is 0.368. The minimum Gasteiger partial charge on any atom is -0.869 e. The average molecular weight is 536 g/mol. The van der Waals surface area contributed by atoms with Crippen LogP contribution < -0.4 is 25.9 Å². The van der Waals surface area contributed by atoms with E-state index in [1.807, 2.05) is 0 Å². The van der Waals surface area contributed by atoms with Crippen molar-refractivity contribution in [2.75, 3.05) is 38.6 Å². The van der Waals surface area contributed by atoms with Gasteiger partial charge in [-0.1, -0.05) is 26.9 Å². The van der Waals surface area contributed by atoms with Gasteiger partial charge in [0.05, 0.1) is 26.0 Å². The number of aromatic nitrogens is 5. The SMILES string of the molecule is CCOc1cc(/C=N/NC(=O)c2nnn(-c3nonc3N)c2C[NH+]2CCOCC2)cc(Br)c1[O-]. The number of ether oxygens (including phenoxy) is 2. The third-order valence-electron chi connectivity index (χ3n) is 5.00. The summed E-state index contributed by atoms with van der Waals surface area (Å²) in [6, 6.07) is 3.11. The van der Waals surface area contributed by atoms with Crippen LogP contribution in [0, 0.1) is 0 Å². The van der Waals surface area contributed by atoms with Gasteiger partial charge in [0.25, 0.3) is 5.91 Å². The summed E-state index contributed by atoms with van der Waals surface area (Å²) in [6.07, 6.45) is 1.39. The molecule has 15 heteroatoms. The highest BCUT2D eigenvalue weighted by molar-refractivity contribution is 9.10. The van der Waals surface area contributed by atoms with E-state index >= 15 is 0 Å². The Balaban J connectivity index is 1.56. The van der Waals surface area contributed by atoms with E-state index in [-0.39, 0.29) is 28.8 Å². The summed E-state index contributed by atoms with van der Waals surface area (Å²) in [6.45, 7) is 5.27. The van der Waals surface area contributed by atoms with Crippen molar-refractivity contribution in [2.45, 2.75) is 13.5 Å². The zero-order chi connectivity index (χ0) is 24.1. The van der Waals surface area contributed by atoms with Gasteiger partial charge in [0.2, 0.25) is 11.6 Å². The summed E-state index contributed by atoms with van der Waals surface area (Å²) in [5.41, 5.74) is 9.35. The first kappa shape index (κ1) is 23.6. The first-order chi connectivity index (χ1) is 16.5. The quantitative estimate of drug-likeness (QED) is 0.230. The van der Waals surface area contributed by atoms with Gasteiger partial charge in [-0.3, -0.25) is 4.79 Å². The summed E-state index contributed by atoms with van der Waals surface area (Å²) >= 11 is 3.21. The van der Waals surface area contributed by atoms with E-state index in [4.69, 9.17) is 15.2 Å². The minimum absolute atomic E-state index is 0.0191. The molecule has 1 aliphatic heterocycles. The van der Waals surface area contributed by atoms with Crippen LogP contribution in [0.5, 0.6) is 11.5 Å². The van der Waals surface area contributed by atoms with Crippen molar-refractivity contribution < 1.29 is 28.9 Å². The topological polar surface area (TPSA) is 183 Å². The summed E-state index contributed by atoms with van der Waals surface area (Å²) < 4.78 is 17.1. The number of nitrogens with two attached hydrogens (primary N) is 1. The van der Waals surface area contributed by atoms with Gasteiger partial charge in [-0.15, -0.1) is 5.10 Å². The van der Waals surface area contributed by atoms with Crippen molar-refractivity contribution in [3.05, 3.63) is 33.6 Å². The molecule has 0 saturated carbocycles. The number of nitrogens with one attached hydrogen (secondary N) is 2. The molecule has 14 nitrogen and oxygen atoms in total. The smallest absolute Gasteiger partial charge is 0.294 e. The van der Waals surface area contributed by atoms with Crippen LogP contribution in [-0.4, -0.2) is 70.3 Å². The van der Waals surface area contributed by atoms with Crippen molar-refractivity contribution in [1.82, 2.24) is 30.7 Å². The number of hydrazone groups is 1. The summed E-state index contributed by atoms with van der Waals surface area (Å²) in [4.78, 5) is 14.1. The van der Waals surface area contributed by atoms with E-state index in [0.29, 0.717) is 42.1 Å². The van der Waals surface area contributed by atoms with Gasteiger partial charge in [-0.2, -0.15) is 9.78 Å². The molecular formula is C19H22BrN9O5. The summed E-state index contributed by atoms with van der Waals surface area (Å²) in [5.74, 6) is -0.502. The molecule has 1 fully saturated rings. The van der Waals surface area contributed by atoms with Crippen LogP contribution >= 0.6 is 15.9 Å². The molecule has 34 heavy (non-hydrogen) atoms. The van der Waals surface area contributed by atoms with Crippen molar-refractivity contribution >= 4 is 33.9 Å². The Labute approximate surface area is 201 Å². The maximum atomic E-state index is 12.9. The number of benzene rings is 1. The monoisotopic (exact) mass is 535 g/mol. The maximum Gasteiger partial charge on any atom is 0.294 e. The minimum atomic E-state index is -0.579. The number of nitrogens with zero attached hydrogens (tertiary/aromatic N) is 6. The first-order valence-electron chi connectivity index (χ1n) is 10.4. The van der Waals surface area contributed by atoms with Crippen LogP contribution in [0.4, 0.5) is 5.82 Å². The largest absolute Gasteiger partial charge is 0.869 e. The number of anilines is 1. The number of halogens is 1. The standard InChI is InChI=1S/C19H22BrN9O5/c1-2-33-14-8-11(7-12(20)16(14)30)9-22-24-19(31)15-13(10-28-3-5-32-6-4-28)29(27-23-15)18-17(21)25-34-26-18/h7-9,30H,2-6,10H2,1H3,(H2,21,25)(H,24,31)/b22-9+. The van der Waals surface area contributed by atoms with E-state index in [1.54, 1.807) is 13.0 Å². The van der Waals surface area contributed by atoms with E-state index in [1.165, 1.54) is 21.9 Å². The predicted octanol–water partition coefficient (Wildman–Crippen LogP) is -1.35. The average Bonchev–Trinajstić information content (AvgIpc) is 3.43. The van der Waals surface area contributed by atoms with Gasteiger partial charge in [0, 0.05) is 4.47 Å². The molecule has 0 aliphatic carbocycles. The lowest BCUT2D eigenvalue weighted by molar-refractivity contribution is -0.921. The number of carbonyl (C=O) groups excluding carboxylic acids is 1. The Morgan fingerprint density at radius 1 is 1.41 bits per heavy atom. The molecule has 1 saturated heterocycles. The third-order valence-corrected chi connectivity index (χ3v) is 5.59. The molecular weight excluding hydrogens is 514 g/mol. The van der Waals surface area contributed by atoms with Gasteiger partial charge in [0.1, 0.15) is 31.1 Å². The highest BCUT2D eigenvalue weighted by atomic mass is 79.9. The Bertz CT molecular complexity index is 1190. The second-order valence-electron chi connectivity index (χ2n) is 7.27. The molecule has 2 aromatic heterocycles. The lowest BCUT2D eigenvalue weighted by Gasteiger charge is -2.23. The van der Waals surface area contributed by atoms with Crippen molar-refractivity contribution in [3.8, 4) is 17.3 Å². The molecule has 0 bridgehead atoms. The highest BCUT2D eigenvalue weighted by Gasteiger charge is 2.28. The molecule has 3 aromatic rings. The lowest BCUT2D eigenvalue weighted by Crippen LogP contribution is -3.12. The van der Waals surface area contributed by atoms with E-state index < -0.39 is 5.91 Å². The van der Waals surface area contributed by atoms with Crippen LogP contribution in [0.25, 0.3) is 5.82 Å². The molecule has 180 valence electrons. The normalized spacial score (nSPS) is 14.5. The molecule has 4 N–H and O–H groups in total. The molecule has 0 atom stereocenters. The molecule has 3 heterocycles. The molecule has 0 radical (unpaired) electrons. The van der Waals surface area contributed by atoms with Gasteiger partial charge >= 0.3 is 0 Å². The molecule has 0 spiro atoms. The fourth-order valence-corrected chi connectivity index (χ4v) is 3.82. The summed E-state index contributed by atoms with van der Waals surface area (Å²) in [7, 11) is 0. The lowest BCUT2D eigenvalue weighted by atomic mass is 10.2. The van der Waals surface area contributed by atoms with Gasteiger partial charge in [0.15, 0.2) is 5.69 Å². The van der Waals surface area contributed by atoms with Crippen molar-refractivity contribution in [1.29, 1.82) is 0 Å². The number of nitrogen functional groups attached to an aromatic ring is 1. The maximum absolute atomic E-state index is 12.9. The zero-order valence-electron chi connectivity index (χ0n) is 18.2. The second kappa shape index (κ2) is 10.6. The van der Waals surface area contributed by atoms with Crippen LogP contribution in [-0.2, 0) is 11.3 Å². The predicted molar refractivity (Wildman–Crippen MR) is 119 cm³/mol. The third kappa shape index (κ3) is 5.16. The number of rotatable bonds is 8. The van der Waals surface area contributed by atoms with Crippen LogP contribution in [0.1, 0.15) is 28.7 Å². The summed E-state index contributed by atoms with van der Waals surface area (Å²) in [5, 5.41) is 31.4. The molecule has 4 rings (SSSR count). The van der Waals surface area contributed by atoms with Gasteiger partial charge in [-0.05, 0) is 34.9 Å². The van der Waals surface area contributed by atoms with E-state index in [0.717, 1.165) is 13.1 Å². The number of amides is 1. The number of carbonyl (C=O) groups is 1. The van der Waals surface area contributed by atoms with E-state index in [9.17, 15) is 9.90 Å². The molecule has 0 unspecified atom stereocenters. The van der Waals surface area contributed by atoms with Crippen LogP contribution in [0.3, 0.4) is 0 Å². The van der Waals surface area contributed by atoms with Crippen molar-refractivity contribution in [2.24, 2.45) is 5.10 Å². The Morgan fingerprint density at radius 3 is 2.91 bits per heavy atom. The zero-order valence-corrected chi connectivity index (χ0v) is 19.7.